The standard InChI is InChI=1S/C16H27NO2S/c1-5-18-16-11-14(12-17-13(2)3)7-8-15(16)19-9-6-10-20-4/h7-8,11,13,17H,5-6,9-10,12H2,1-4H3. The van der Waals surface area contributed by atoms with Gasteiger partial charge in [0.15, 0.2) is 11.5 Å². The van der Waals surface area contributed by atoms with Gasteiger partial charge in [0.05, 0.1) is 13.2 Å². The molecule has 0 aliphatic rings. The second-order valence-corrected chi connectivity index (χ2v) is 5.93. The van der Waals surface area contributed by atoms with Crippen molar-refractivity contribution in [2.75, 3.05) is 25.2 Å². The molecule has 0 atom stereocenters. The van der Waals surface area contributed by atoms with E-state index in [9.17, 15) is 0 Å². The summed E-state index contributed by atoms with van der Waals surface area (Å²) in [7, 11) is 0. The molecule has 114 valence electrons. The lowest BCUT2D eigenvalue weighted by Gasteiger charge is -2.14. The van der Waals surface area contributed by atoms with Gasteiger partial charge in [0.2, 0.25) is 0 Å². The summed E-state index contributed by atoms with van der Waals surface area (Å²) in [5.74, 6) is 2.82. The monoisotopic (exact) mass is 297 g/mol. The maximum absolute atomic E-state index is 5.81. The van der Waals surface area contributed by atoms with Crippen LogP contribution >= 0.6 is 11.8 Å². The maximum atomic E-state index is 5.81. The lowest BCUT2D eigenvalue weighted by atomic mass is 10.2. The van der Waals surface area contributed by atoms with Crippen LogP contribution in [0.4, 0.5) is 0 Å². The van der Waals surface area contributed by atoms with Gasteiger partial charge >= 0.3 is 0 Å². The highest BCUT2D eigenvalue weighted by Gasteiger charge is 2.07. The van der Waals surface area contributed by atoms with Crippen molar-refractivity contribution in [3.05, 3.63) is 23.8 Å². The van der Waals surface area contributed by atoms with E-state index >= 15 is 0 Å². The van der Waals surface area contributed by atoms with Gasteiger partial charge in [-0.1, -0.05) is 19.9 Å². The maximum Gasteiger partial charge on any atom is 0.161 e. The number of nitrogens with one attached hydrogen (secondary N) is 1. The van der Waals surface area contributed by atoms with Crippen molar-refractivity contribution in [1.29, 1.82) is 0 Å². The van der Waals surface area contributed by atoms with Gasteiger partial charge in [0.25, 0.3) is 0 Å². The molecule has 0 amide bonds. The number of hydrogen-bond donors (Lipinski definition) is 1. The van der Waals surface area contributed by atoms with Crippen molar-refractivity contribution in [1.82, 2.24) is 5.32 Å². The molecule has 20 heavy (non-hydrogen) atoms. The van der Waals surface area contributed by atoms with E-state index in [1.165, 1.54) is 5.56 Å². The van der Waals surface area contributed by atoms with Crippen LogP contribution in [0.3, 0.4) is 0 Å². The third-order valence-electron chi connectivity index (χ3n) is 2.77. The molecule has 0 saturated heterocycles. The van der Waals surface area contributed by atoms with Gasteiger partial charge in [-0.2, -0.15) is 11.8 Å². The van der Waals surface area contributed by atoms with Crippen molar-refractivity contribution in [3.63, 3.8) is 0 Å². The lowest BCUT2D eigenvalue weighted by Crippen LogP contribution is -2.21. The Hall–Kier alpha value is -0.870. The van der Waals surface area contributed by atoms with E-state index in [0.29, 0.717) is 12.6 Å². The van der Waals surface area contributed by atoms with Crippen LogP contribution in [0.25, 0.3) is 0 Å². The van der Waals surface area contributed by atoms with E-state index in [4.69, 9.17) is 9.47 Å². The fourth-order valence-corrected chi connectivity index (χ4v) is 2.16. The number of rotatable bonds is 10. The van der Waals surface area contributed by atoms with E-state index in [2.05, 4.69) is 37.6 Å². The normalized spacial score (nSPS) is 10.8. The molecule has 0 bridgehead atoms. The molecule has 0 radical (unpaired) electrons. The van der Waals surface area contributed by atoms with E-state index < -0.39 is 0 Å². The summed E-state index contributed by atoms with van der Waals surface area (Å²) >= 11 is 1.84. The smallest absolute Gasteiger partial charge is 0.161 e. The minimum Gasteiger partial charge on any atom is -0.490 e. The highest BCUT2D eigenvalue weighted by Crippen LogP contribution is 2.28. The predicted molar refractivity (Wildman–Crippen MR) is 88.1 cm³/mol. The number of hydrogen-bond acceptors (Lipinski definition) is 4. The van der Waals surface area contributed by atoms with Crippen LogP contribution in [-0.4, -0.2) is 31.3 Å². The summed E-state index contributed by atoms with van der Waals surface area (Å²) < 4.78 is 11.5. The van der Waals surface area contributed by atoms with Gasteiger partial charge in [0.1, 0.15) is 0 Å². The van der Waals surface area contributed by atoms with Gasteiger partial charge in [-0.3, -0.25) is 0 Å². The molecule has 0 aliphatic carbocycles. The molecule has 3 nitrogen and oxygen atoms in total. The van der Waals surface area contributed by atoms with Crippen LogP contribution in [0.2, 0.25) is 0 Å². The van der Waals surface area contributed by atoms with Crippen LogP contribution < -0.4 is 14.8 Å². The molecule has 0 unspecified atom stereocenters. The molecule has 0 saturated carbocycles. The molecular weight excluding hydrogens is 270 g/mol. The van der Waals surface area contributed by atoms with Crippen molar-refractivity contribution in [2.24, 2.45) is 0 Å². The zero-order valence-electron chi connectivity index (χ0n) is 13.1. The molecule has 0 fully saturated rings. The average Bonchev–Trinajstić information content (AvgIpc) is 2.43. The molecule has 1 aromatic carbocycles. The third kappa shape index (κ3) is 6.53. The van der Waals surface area contributed by atoms with Crippen LogP contribution in [0.1, 0.15) is 32.8 Å². The van der Waals surface area contributed by atoms with Crippen LogP contribution in [0.5, 0.6) is 11.5 Å². The van der Waals surface area contributed by atoms with Crippen molar-refractivity contribution >= 4 is 11.8 Å². The fraction of sp³-hybridized carbons (Fsp3) is 0.625. The van der Waals surface area contributed by atoms with Gasteiger partial charge in [0, 0.05) is 12.6 Å². The number of thioether (sulfide) groups is 1. The van der Waals surface area contributed by atoms with Gasteiger partial charge in [-0.05, 0) is 43.0 Å². The molecular formula is C16H27NO2S. The highest BCUT2D eigenvalue weighted by atomic mass is 32.2. The van der Waals surface area contributed by atoms with E-state index in [1.54, 1.807) is 0 Å². The van der Waals surface area contributed by atoms with Gasteiger partial charge < -0.3 is 14.8 Å². The molecule has 1 rings (SSSR count). The SMILES string of the molecule is CCOc1cc(CNC(C)C)ccc1OCCCSC. The molecule has 0 aromatic heterocycles. The van der Waals surface area contributed by atoms with Crippen molar-refractivity contribution < 1.29 is 9.47 Å². The van der Waals surface area contributed by atoms with Crippen LogP contribution in [-0.2, 0) is 6.54 Å². The number of ether oxygens (including phenoxy) is 2. The second kappa shape index (κ2) is 9.94. The lowest BCUT2D eigenvalue weighted by molar-refractivity contribution is 0.277. The first-order valence-corrected chi connectivity index (χ1v) is 8.67. The minimum absolute atomic E-state index is 0.480. The first kappa shape index (κ1) is 17.2. The van der Waals surface area contributed by atoms with Gasteiger partial charge in [-0.25, -0.2) is 0 Å². The zero-order chi connectivity index (χ0) is 14.8. The topological polar surface area (TPSA) is 30.5 Å². The Morgan fingerprint density at radius 1 is 1.20 bits per heavy atom. The Bertz CT molecular complexity index is 383. The van der Waals surface area contributed by atoms with Crippen LogP contribution in [0.15, 0.2) is 18.2 Å². The summed E-state index contributed by atoms with van der Waals surface area (Å²) in [6.07, 6.45) is 3.17. The quantitative estimate of drug-likeness (QED) is 0.667. The van der Waals surface area contributed by atoms with Crippen molar-refractivity contribution in [2.45, 2.75) is 39.8 Å². The summed E-state index contributed by atoms with van der Waals surface area (Å²) in [6.45, 7) is 8.53. The first-order chi connectivity index (χ1) is 9.67. The van der Waals surface area contributed by atoms with Crippen LogP contribution in [0, 0.1) is 0 Å². The Morgan fingerprint density at radius 2 is 2.00 bits per heavy atom. The van der Waals surface area contributed by atoms with Gasteiger partial charge in [-0.15, -0.1) is 0 Å². The Balaban J connectivity index is 2.63. The summed E-state index contributed by atoms with van der Waals surface area (Å²) in [5, 5.41) is 3.41. The molecule has 1 aromatic rings. The molecule has 1 N–H and O–H groups in total. The summed E-state index contributed by atoms with van der Waals surface area (Å²) in [5.41, 5.74) is 1.22. The van der Waals surface area contributed by atoms with Crippen molar-refractivity contribution in [3.8, 4) is 11.5 Å². The third-order valence-corrected chi connectivity index (χ3v) is 3.47. The summed E-state index contributed by atoms with van der Waals surface area (Å²) in [4.78, 5) is 0. The fourth-order valence-electron chi connectivity index (χ4n) is 1.76. The second-order valence-electron chi connectivity index (χ2n) is 4.94. The molecule has 0 heterocycles. The van der Waals surface area contributed by atoms with E-state index in [0.717, 1.165) is 36.8 Å². The molecule has 0 spiro atoms. The summed E-state index contributed by atoms with van der Waals surface area (Å²) in [6, 6.07) is 6.67. The van der Waals surface area contributed by atoms with E-state index in [1.807, 2.05) is 24.8 Å². The minimum atomic E-state index is 0.480. The zero-order valence-corrected chi connectivity index (χ0v) is 13.9. The largest absolute Gasteiger partial charge is 0.490 e. The Morgan fingerprint density at radius 3 is 2.65 bits per heavy atom. The average molecular weight is 297 g/mol. The highest BCUT2D eigenvalue weighted by molar-refractivity contribution is 7.98. The predicted octanol–water partition coefficient (Wildman–Crippen LogP) is 3.72. The molecule has 0 aliphatic heterocycles. The Labute approximate surface area is 127 Å². The number of benzene rings is 1. The van der Waals surface area contributed by atoms with E-state index in [-0.39, 0.29) is 0 Å². The first-order valence-electron chi connectivity index (χ1n) is 7.28. The Kier molecular flexibility index (Phi) is 8.54. The molecule has 4 heteroatoms.